The van der Waals surface area contributed by atoms with Gasteiger partial charge < -0.3 is 14.7 Å². The van der Waals surface area contributed by atoms with E-state index in [1.807, 2.05) is 29.2 Å². The van der Waals surface area contributed by atoms with E-state index >= 15 is 0 Å². The van der Waals surface area contributed by atoms with Crippen molar-refractivity contribution in [2.45, 2.75) is 52.7 Å². The number of amides is 1. The molecule has 6 heteroatoms. The van der Waals surface area contributed by atoms with Crippen molar-refractivity contribution in [3.63, 3.8) is 0 Å². The lowest BCUT2D eigenvalue weighted by molar-refractivity contribution is -0.136. The minimum Gasteiger partial charge on any atom is -0.491 e. The van der Waals surface area contributed by atoms with Crippen molar-refractivity contribution in [2.75, 3.05) is 32.8 Å². The first kappa shape index (κ1) is 23.8. The van der Waals surface area contributed by atoms with Crippen LogP contribution in [-0.2, 0) is 11.2 Å². The Labute approximate surface area is 190 Å². The second-order valence-electron chi connectivity index (χ2n) is 9.04. The fourth-order valence-electron chi connectivity index (χ4n) is 4.02. The normalized spacial score (nSPS) is 17.1. The Morgan fingerprint density at radius 3 is 2.68 bits per heavy atom. The van der Waals surface area contributed by atoms with Gasteiger partial charge >= 0.3 is 0 Å². The van der Waals surface area contributed by atoms with Crippen molar-refractivity contribution in [1.29, 1.82) is 0 Å². The molecule has 0 unspecified atom stereocenters. The number of hydrogen-bond donors (Lipinski definition) is 1. The van der Waals surface area contributed by atoms with Gasteiger partial charge in [0, 0.05) is 18.0 Å². The molecule has 0 radical (unpaired) electrons. The fraction of sp³-hybridized carbons (Fsp3) is 0.560. The average molecular weight is 445 g/mol. The van der Waals surface area contributed by atoms with Gasteiger partial charge in [-0.2, -0.15) is 0 Å². The predicted octanol–water partition coefficient (Wildman–Crippen LogP) is 4.29. The van der Waals surface area contributed by atoms with Gasteiger partial charge in [0.15, 0.2) is 0 Å². The molecule has 0 saturated carbocycles. The molecule has 170 valence electrons. The lowest BCUT2D eigenvalue weighted by atomic mass is 10.00. The molecule has 0 saturated heterocycles. The lowest BCUT2D eigenvalue weighted by Crippen LogP contribution is -2.47. The molecule has 5 nitrogen and oxygen atoms in total. The number of rotatable bonds is 10. The predicted molar refractivity (Wildman–Crippen MR) is 127 cm³/mol. The van der Waals surface area contributed by atoms with Crippen molar-refractivity contribution < 1.29 is 14.6 Å². The molecule has 1 aliphatic rings. The largest absolute Gasteiger partial charge is 0.491 e. The van der Waals surface area contributed by atoms with E-state index in [1.54, 1.807) is 18.3 Å². The summed E-state index contributed by atoms with van der Waals surface area (Å²) in [7, 11) is 0. The van der Waals surface area contributed by atoms with Gasteiger partial charge in [-0.05, 0) is 68.3 Å². The number of carbonyl (C=O) groups excluding carboxylic acids is 1. The number of thiophene rings is 1. The van der Waals surface area contributed by atoms with Crippen LogP contribution in [0.1, 0.15) is 49.2 Å². The van der Waals surface area contributed by atoms with Gasteiger partial charge in [0.05, 0.1) is 18.7 Å². The molecule has 2 aromatic rings. The Morgan fingerprint density at radius 2 is 2.00 bits per heavy atom. The molecule has 1 aromatic heterocycles. The van der Waals surface area contributed by atoms with Gasteiger partial charge in [0.25, 0.3) is 0 Å². The van der Waals surface area contributed by atoms with Crippen LogP contribution >= 0.6 is 11.3 Å². The minimum absolute atomic E-state index is 0.0812. The van der Waals surface area contributed by atoms with Crippen molar-refractivity contribution in [3.05, 3.63) is 51.7 Å². The second-order valence-corrected chi connectivity index (χ2v) is 10.0. The number of aliphatic hydroxyl groups is 1. The Hall–Kier alpha value is -1.89. The van der Waals surface area contributed by atoms with E-state index in [-0.39, 0.29) is 11.9 Å². The third kappa shape index (κ3) is 6.79. The molecule has 1 N–H and O–H groups in total. The quantitative estimate of drug-likeness (QED) is 0.594. The van der Waals surface area contributed by atoms with E-state index < -0.39 is 6.10 Å². The lowest BCUT2D eigenvalue weighted by Gasteiger charge is -2.37. The van der Waals surface area contributed by atoms with E-state index in [9.17, 15) is 9.90 Å². The molecule has 0 aliphatic carbocycles. The third-order valence-corrected chi connectivity index (χ3v) is 6.74. The first-order valence-electron chi connectivity index (χ1n) is 11.3. The standard InChI is InChI=1S/C25H36N2O3S/c1-18(2)9-12-26(15-20(4)28)16-25(29)27-13-10-24-22(11-14-31-24)23(27)17-30-21-7-5-19(3)6-8-21/h5-8,11,14,18,20,23,28H,9-10,12-13,15-17H2,1-4H3/t20-,23+/m0/s1. The molecule has 31 heavy (non-hydrogen) atoms. The number of benzene rings is 1. The molecular weight excluding hydrogens is 408 g/mol. The van der Waals surface area contributed by atoms with Gasteiger partial charge in [-0.3, -0.25) is 9.69 Å². The summed E-state index contributed by atoms with van der Waals surface area (Å²) < 4.78 is 6.11. The zero-order valence-corrected chi connectivity index (χ0v) is 20.0. The molecule has 1 aromatic carbocycles. The molecule has 1 amide bonds. The number of fused-ring (bicyclic) bond motifs is 1. The van der Waals surface area contributed by atoms with Crippen LogP contribution in [0, 0.1) is 12.8 Å². The Balaban J connectivity index is 1.71. The first-order chi connectivity index (χ1) is 14.8. The molecule has 0 bridgehead atoms. The highest BCUT2D eigenvalue weighted by atomic mass is 32.1. The van der Waals surface area contributed by atoms with Crippen LogP contribution < -0.4 is 4.74 Å². The zero-order chi connectivity index (χ0) is 22.4. The maximum absolute atomic E-state index is 13.4. The van der Waals surface area contributed by atoms with Crippen LogP contribution in [0.2, 0.25) is 0 Å². The SMILES string of the molecule is Cc1ccc(OC[C@@H]2c3ccsc3CCN2C(=O)CN(CCC(C)C)C[C@H](C)O)cc1. The monoisotopic (exact) mass is 444 g/mol. The van der Waals surface area contributed by atoms with Gasteiger partial charge in [0.2, 0.25) is 5.91 Å². The summed E-state index contributed by atoms with van der Waals surface area (Å²) in [5.41, 5.74) is 2.41. The number of ether oxygens (including phenoxy) is 1. The van der Waals surface area contributed by atoms with Crippen LogP contribution in [0.25, 0.3) is 0 Å². The van der Waals surface area contributed by atoms with Crippen molar-refractivity contribution in [1.82, 2.24) is 9.80 Å². The maximum Gasteiger partial charge on any atom is 0.237 e. The highest BCUT2D eigenvalue weighted by molar-refractivity contribution is 7.10. The molecule has 3 rings (SSSR count). The summed E-state index contributed by atoms with van der Waals surface area (Å²) >= 11 is 1.76. The van der Waals surface area contributed by atoms with E-state index in [2.05, 4.69) is 37.1 Å². The highest BCUT2D eigenvalue weighted by Crippen LogP contribution is 2.34. The number of nitrogens with zero attached hydrogens (tertiary/aromatic N) is 2. The number of aliphatic hydroxyl groups excluding tert-OH is 1. The molecule has 2 heterocycles. The van der Waals surface area contributed by atoms with Crippen LogP contribution in [0.3, 0.4) is 0 Å². The summed E-state index contributed by atoms with van der Waals surface area (Å²) in [6.45, 7) is 11.0. The topological polar surface area (TPSA) is 53.0 Å². The number of carbonyl (C=O) groups is 1. The zero-order valence-electron chi connectivity index (χ0n) is 19.2. The van der Waals surface area contributed by atoms with Crippen molar-refractivity contribution in [2.24, 2.45) is 5.92 Å². The molecule has 0 fully saturated rings. The molecule has 0 spiro atoms. The maximum atomic E-state index is 13.4. The first-order valence-corrected chi connectivity index (χ1v) is 12.2. The van der Waals surface area contributed by atoms with Gasteiger partial charge in [-0.25, -0.2) is 0 Å². The fourth-order valence-corrected chi connectivity index (χ4v) is 4.94. The van der Waals surface area contributed by atoms with Gasteiger partial charge in [0.1, 0.15) is 12.4 Å². The Kier molecular flexibility index (Phi) is 8.52. The van der Waals surface area contributed by atoms with Crippen molar-refractivity contribution in [3.8, 4) is 5.75 Å². The molecule has 2 atom stereocenters. The summed E-state index contributed by atoms with van der Waals surface area (Å²) in [6.07, 6.45) is 1.45. The van der Waals surface area contributed by atoms with Crippen LogP contribution in [0.15, 0.2) is 35.7 Å². The smallest absolute Gasteiger partial charge is 0.237 e. The summed E-state index contributed by atoms with van der Waals surface area (Å²) in [5, 5.41) is 12.0. The van der Waals surface area contributed by atoms with Gasteiger partial charge in [-0.15, -0.1) is 11.3 Å². The van der Waals surface area contributed by atoms with Crippen molar-refractivity contribution >= 4 is 17.2 Å². The summed E-state index contributed by atoms with van der Waals surface area (Å²) in [5.74, 6) is 1.50. The van der Waals surface area contributed by atoms with E-state index in [1.165, 1.54) is 16.0 Å². The molecular formula is C25H36N2O3S. The Bertz CT molecular complexity index is 832. The highest BCUT2D eigenvalue weighted by Gasteiger charge is 2.33. The van der Waals surface area contributed by atoms with Crippen LogP contribution in [-0.4, -0.2) is 59.7 Å². The van der Waals surface area contributed by atoms with E-state index in [0.29, 0.717) is 32.2 Å². The van der Waals surface area contributed by atoms with Gasteiger partial charge in [-0.1, -0.05) is 31.5 Å². The minimum atomic E-state index is -0.453. The average Bonchev–Trinajstić information content (AvgIpc) is 3.20. The summed E-state index contributed by atoms with van der Waals surface area (Å²) in [4.78, 5) is 18.8. The third-order valence-electron chi connectivity index (χ3n) is 5.75. The van der Waals surface area contributed by atoms with Crippen LogP contribution in [0.4, 0.5) is 0 Å². The second kappa shape index (κ2) is 11.1. The number of hydrogen-bond acceptors (Lipinski definition) is 5. The van der Waals surface area contributed by atoms with E-state index in [4.69, 9.17) is 4.74 Å². The number of aryl methyl sites for hydroxylation is 1. The summed E-state index contributed by atoms with van der Waals surface area (Å²) in [6, 6.07) is 10.1. The molecule has 1 aliphatic heterocycles. The van der Waals surface area contributed by atoms with Crippen LogP contribution in [0.5, 0.6) is 5.75 Å². The Morgan fingerprint density at radius 1 is 1.26 bits per heavy atom. The van der Waals surface area contributed by atoms with E-state index in [0.717, 1.165) is 25.1 Å².